The minimum atomic E-state index is 0.130. The van der Waals surface area contributed by atoms with Crippen molar-refractivity contribution < 1.29 is 4.74 Å². The van der Waals surface area contributed by atoms with Gasteiger partial charge in [-0.1, -0.05) is 46.8 Å². The van der Waals surface area contributed by atoms with E-state index in [0.717, 1.165) is 0 Å². The lowest BCUT2D eigenvalue weighted by molar-refractivity contribution is 0.166. The Morgan fingerprint density at radius 3 is 2.14 bits per heavy atom. The average molecular weight is 199 g/mol. The summed E-state index contributed by atoms with van der Waals surface area (Å²) in [4.78, 5) is 0. The molecule has 0 amide bonds. The summed E-state index contributed by atoms with van der Waals surface area (Å²) in [7, 11) is 1.73. The summed E-state index contributed by atoms with van der Waals surface area (Å²) in [6.07, 6.45) is 0. The van der Waals surface area contributed by atoms with Crippen molar-refractivity contribution in [1.82, 2.24) is 5.32 Å². The zero-order chi connectivity index (χ0) is 11.4. The molecular weight excluding hydrogens is 174 g/mol. The van der Waals surface area contributed by atoms with Crippen LogP contribution in [0.1, 0.15) is 34.6 Å². The highest BCUT2D eigenvalue weighted by Crippen LogP contribution is 2.26. The van der Waals surface area contributed by atoms with Crippen molar-refractivity contribution in [1.29, 1.82) is 0 Å². The second-order valence-corrected chi connectivity index (χ2v) is 5.10. The van der Waals surface area contributed by atoms with Gasteiger partial charge in [-0.3, -0.25) is 0 Å². The standard InChI is InChI=1S/C12H25NO/c1-9(2)13-11(8-14-7)10(3)12(4,5)6/h9,11,13H,3,8H2,1-2,4-7H3. The van der Waals surface area contributed by atoms with E-state index in [1.165, 1.54) is 5.57 Å². The average Bonchev–Trinajstić information content (AvgIpc) is 2.00. The molecule has 0 fully saturated rings. The summed E-state index contributed by atoms with van der Waals surface area (Å²) in [6.45, 7) is 15.7. The van der Waals surface area contributed by atoms with Crippen LogP contribution in [0.5, 0.6) is 0 Å². The quantitative estimate of drug-likeness (QED) is 0.687. The first-order valence-electron chi connectivity index (χ1n) is 5.23. The molecule has 2 nitrogen and oxygen atoms in total. The molecule has 0 aliphatic heterocycles. The molecular formula is C12H25NO. The van der Waals surface area contributed by atoms with Gasteiger partial charge in [0.25, 0.3) is 0 Å². The molecule has 0 radical (unpaired) electrons. The molecule has 2 heteroatoms. The highest BCUT2D eigenvalue weighted by molar-refractivity contribution is 5.14. The Morgan fingerprint density at radius 1 is 1.36 bits per heavy atom. The van der Waals surface area contributed by atoms with Gasteiger partial charge < -0.3 is 10.1 Å². The molecule has 0 bridgehead atoms. The smallest absolute Gasteiger partial charge is 0.0654 e. The third kappa shape index (κ3) is 4.77. The van der Waals surface area contributed by atoms with E-state index in [2.05, 4.69) is 46.5 Å². The van der Waals surface area contributed by atoms with Gasteiger partial charge >= 0.3 is 0 Å². The molecule has 1 atom stereocenters. The molecule has 0 aromatic heterocycles. The van der Waals surface area contributed by atoms with Gasteiger partial charge in [0.2, 0.25) is 0 Å². The molecule has 14 heavy (non-hydrogen) atoms. The van der Waals surface area contributed by atoms with Crippen molar-refractivity contribution in [3.05, 3.63) is 12.2 Å². The Bertz CT molecular complexity index is 179. The highest BCUT2D eigenvalue weighted by Gasteiger charge is 2.23. The molecule has 0 saturated heterocycles. The first kappa shape index (κ1) is 13.7. The van der Waals surface area contributed by atoms with Crippen LogP contribution in [-0.4, -0.2) is 25.8 Å². The molecule has 0 spiro atoms. The van der Waals surface area contributed by atoms with E-state index in [0.29, 0.717) is 12.6 Å². The van der Waals surface area contributed by atoms with Gasteiger partial charge in [0.05, 0.1) is 12.6 Å². The molecule has 0 rings (SSSR count). The largest absolute Gasteiger partial charge is 0.383 e. The fraction of sp³-hybridized carbons (Fsp3) is 0.833. The van der Waals surface area contributed by atoms with Crippen molar-refractivity contribution in [3.8, 4) is 0 Å². The lowest BCUT2D eigenvalue weighted by atomic mass is 9.83. The first-order chi connectivity index (χ1) is 6.29. The second kappa shape index (κ2) is 5.52. The van der Waals surface area contributed by atoms with E-state index in [-0.39, 0.29) is 11.5 Å². The third-order valence-corrected chi connectivity index (χ3v) is 2.25. The van der Waals surface area contributed by atoms with Crippen LogP contribution in [0, 0.1) is 5.41 Å². The molecule has 84 valence electrons. The predicted molar refractivity (Wildman–Crippen MR) is 62.5 cm³/mol. The van der Waals surface area contributed by atoms with Gasteiger partial charge in [-0.05, 0) is 5.41 Å². The Kier molecular flexibility index (Phi) is 5.38. The summed E-state index contributed by atoms with van der Waals surface area (Å²) in [5, 5.41) is 3.46. The van der Waals surface area contributed by atoms with E-state index in [1.807, 2.05) is 0 Å². The fourth-order valence-electron chi connectivity index (χ4n) is 1.34. The van der Waals surface area contributed by atoms with Crippen LogP contribution >= 0.6 is 0 Å². The van der Waals surface area contributed by atoms with E-state index >= 15 is 0 Å². The first-order valence-corrected chi connectivity index (χ1v) is 5.23. The Balaban J connectivity index is 4.41. The normalized spacial score (nSPS) is 14.5. The maximum atomic E-state index is 5.20. The Hall–Kier alpha value is -0.340. The number of nitrogens with one attached hydrogen (secondary N) is 1. The van der Waals surface area contributed by atoms with Crippen LogP contribution < -0.4 is 5.32 Å². The zero-order valence-corrected chi connectivity index (χ0v) is 10.5. The van der Waals surface area contributed by atoms with Crippen LogP contribution in [0.4, 0.5) is 0 Å². The number of rotatable bonds is 5. The topological polar surface area (TPSA) is 21.3 Å². The lowest BCUT2D eigenvalue weighted by Crippen LogP contribution is -2.42. The van der Waals surface area contributed by atoms with Crippen molar-refractivity contribution in [2.75, 3.05) is 13.7 Å². The van der Waals surface area contributed by atoms with Crippen molar-refractivity contribution in [3.63, 3.8) is 0 Å². The monoisotopic (exact) mass is 199 g/mol. The molecule has 0 heterocycles. The third-order valence-electron chi connectivity index (χ3n) is 2.25. The van der Waals surface area contributed by atoms with Crippen LogP contribution in [-0.2, 0) is 4.74 Å². The fourth-order valence-corrected chi connectivity index (χ4v) is 1.34. The minimum Gasteiger partial charge on any atom is -0.383 e. The van der Waals surface area contributed by atoms with Gasteiger partial charge in [0.1, 0.15) is 0 Å². The summed E-state index contributed by atoms with van der Waals surface area (Å²) >= 11 is 0. The number of hydrogen-bond donors (Lipinski definition) is 1. The van der Waals surface area contributed by atoms with Gasteiger partial charge in [-0.2, -0.15) is 0 Å². The van der Waals surface area contributed by atoms with Crippen LogP contribution in [0.2, 0.25) is 0 Å². The number of hydrogen-bond acceptors (Lipinski definition) is 2. The molecule has 0 saturated carbocycles. The van der Waals surface area contributed by atoms with Gasteiger partial charge in [-0.15, -0.1) is 0 Å². The van der Waals surface area contributed by atoms with Crippen LogP contribution in [0.15, 0.2) is 12.2 Å². The van der Waals surface area contributed by atoms with Crippen LogP contribution in [0.3, 0.4) is 0 Å². The lowest BCUT2D eigenvalue weighted by Gasteiger charge is -2.31. The molecule has 0 aromatic rings. The van der Waals surface area contributed by atoms with Gasteiger partial charge in [0.15, 0.2) is 0 Å². The van der Waals surface area contributed by atoms with Gasteiger partial charge in [0, 0.05) is 13.2 Å². The van der Waals surface area contributed by atoms with E-state index in [4.69, 9.17) is 4.74 Å². The summed E-state index contributed by atoms with van der Waals surface area (Å²) < 4.78 is 5.20. The highest BCUT2D eigenvalue weighted by atomic mass is 16.5. The maximum Gasteiger partial charge on any atom is 0.0654 e. The SMILES string of the molecule is C=C(C(COC)NC(C)C)C(C)(C)C. The Labute approximate surface area is 88.7 Å². The molecule has 1 unspecified atom stereocenters. The van der Waals surface area contributed by atoms with Crippen molar-refractivity contribution >= 4 is 0 Å². The summed E-state index contributed by atoms with van der Waals surface area (Å²) in [5.74, 6) is 0. The second-order valence-electron chi connectivity index (χ2n) is 5.10. The Morgan fingerprint density at radius 2 is 1.86 bits per heavy atom. The molecule has 0 aliphatic carbocycles. The molecule has 1 N–H and O–H groups in total. The predicted octanol–water partition coefficient (Wildman–Crippen LogP) is 2.60. The van der Waals surface area contributed by atoms with Crippen molar-refractivity contribution in [2.24, 2.45) is 5.41 Å². The van der Waals surface area contributed by atoms with Crippen molar-refractivity contribution in [2.45, 2.75) is 46.7 Å². The van der Waals surface area contributed by atoms with Crippen LogP contribution in [0.25, 0.3) is 0 Å². The number of ether oxygens (including phenoxy) is 1. The maximum absolute atomic E-state index is 5.20. The zero-order valence-electron chi connectivity index (χ0n) is 10.5. The summed E-state index contributed by atoms with van der Waals surface area (Å²) in [6, 6.07) is 0.703. The summed E-state index contributed by atoms with van der Waals surface area (Å²) in [5.41, 5.74) is 1.33. The number of methoxy groups -OCH3 is 1. The van der Waals surface area contributed by atoms with Gasteiger partial charge in [-0.25, -0.2) is 0 Å². The molecule has 0 aliphatic rings. The van der Waals surface area contributed by atoms with E-state index < -0.39 is 0 Å². The minimum absolute atomic E-state index is 0.130. The molecule has 0 aromatic carbocycles. The van der Waals surface area contributed by atoms with E-state index in [1.54, 1.807) is 7.11 Å². The van der Waals surface area contributed by atoms with E-state index in [9.17, 15) is 0 Å².